The van der Waals surface area contributed by atoms with Crippen LogP contribution in [-0.4, -0.2) is 28.2 Å². The number of nitrogens with zero attached hydrogens (tertiary/aromatic N) is 6. The van der Waals surface area contributed by atoms with Crippen LogP contribution in [0.3, 0.4) is 0 Å². The number of aromatic nitrogens is 6. The molecule has 9 nitrogen and oxygen atoms in total. The first-order valence-corrected chi connectivity index (χ1v) is 55.4. The van der Waals surface area contributed by atoms with Gasteiger partial charge in [-0.25, -0.2) is 15.0 Å². The van der Waals surface area contributed by atoms with E-state index in [1.54, 1.807) is 0 Å². The Balaban J connectivity index is 0.000000110. The van der Waals surface area contributed by atoms with Gasteiger partial charge in [0, 0.05) is 80.1 Å². The van der Waals surface area contributed by atoms with Gasteiger partial charge in [-0.2, -0.15) is 0 Å². The molecular formula is C137H91N6O3P3. The van der Waals surface area contributed by atoms with E-state index in [1.807, 2.05) is 231 Å². The molecule has 12 heteroatoms. The standard InChI is InChI=1S/2C47H31N2OP.C43H29N2OP/c50-51(35-13-3-1-4-14-35,36-15-5-2-6-16-36)46-24-12-20-38-37(19-11-21-41(38)46)33-27-25-32(26-28-33)34-29-30-40-39-17-7-8-18-42(39)47-48-43-22-9-10-23-44(43)49(47)45(40)31-34;50-51(38-14-3-1-4-15-38,39-16-5-2-6-17-39)40-26-24-35-29-34(22-23-36(35)30-40)32-12-11-13-33(28-32)37-25-27-45-43(31-37)41-18-7-8-19-42(41)47-48-44-20-9-10-21-46(44)49(45)47;46-47(34-14-3-1-4-15-34,35-16-5-2-6-17-35)36-25-22-30(23-26-36)31-12-11-13-32(28-31)33-24-27-41-39(29-33)37-18-7-8-19-38(37)43-44-40-20-9-10-21-42(40)45(41)43/h2*1-31H;1-29H. The molecule has 0 unspecified atom stereocenters. The molecule has 0 N–H and O–H groups in total. The molecule has 0 amide bonds. The second-order valence-corrected chi connectivity index (χ2v) is 46.4. The van der Waals surface area contributed by atoms with Crippen molar-refractivity contribution in [3.05, 3.63) is 552 Å². The molecular weight excluding hydrogens is 1870 g/mol. The Morgan fingerprint density at radius 3 is 0.893 bits per heavy atom. The van der Waals surface area contributed by atoms with E-state index < -0.39 is 21.4 Å². The predicted molar refractivity (Wildman–Crippen MR) is 629 cm³/mol. The number of hydrogen-bond acceptors (Lipinski definition) is 6. The van der Waals surface area contributed by atoms with Crippen LogP contribution in [0.15, 0.2) is 552 Å². The minimum absolute atomic E-state index is 0.828. The number of benzene rings is 23. The van der Waals surface area contributed by atoms with E-state index >= 15 is 4.57 Å². The molecule has 149 heavy (non-hydrogen) atoms. The van der Waals surface area contributed by atoms with Crippen molar-refractivity contribution in [1.29, 1.82) is 0 Å². The maximum Gasteiger partial charge on any atom is 0.171 e. The summed E-state index contributed by atoms with van der Waals surface area (Å²) in [7, 11) is -9.23. The molecule has 6 aromatic heterocycles. The SMILES string of the molecule is O=P(c1ccccc1)(c1ccccc1)c1ccc(-c2cccc(-c3ccc4c(c3)c3ccccc3c3nc5ccccc5n43)c2)cc1.O=P(c1ccccc1)(c1ccccc1)c1ccc2cc(-c3cccc(-c4ccc5c(c4)c4ccccc4c4nc6ccccc6n54)c3)ccc2c1.O=P(c1ccccc1)(c1ccccc1)c1cccc2c(-c3ccc(-c4ccc5c6ccccc6c6nc7ccccc7n6c5c4)cc3)cccc12. The smallest absolute Gasteiger partial charge is 0.171 e. The number of pyridine rings is 3. The van der Waals surface area contributed by atoms with Crippen LogP contribution in [-0.2, 0) is 13.7 Å². The lowest BCUT2D eigenvalue weighted by Gasteiger charge is -2.22. The summed E-state index contributed by atoms with van der Waals surface area (Å²) in [6.45, 7) is 0. The van der Waals surface area contributed by atoms with Crippen LogP contribution >= 0.6 is 21.4 Å². The first-order valence-electron chi connectivity index (χ1n) is 50.3. The molecule has 23 aromatic carbocycles. The van der Waals surface area contributed by atoms with Gasteiger partial charge in [-0.15, -0.1) is 0 Å². The normalized spacial score (nSPS) is 12.0. The van der Waals surface area contributed by atoms with Crippen LogP contribution in [0, 0.1) is 0 Å². The van der Waals surface area contributed by atoms with Gasteiger partial charge < -0.3 is 13.7 Å². The zero-order valence-corrected chi connectivity index (χ0v) is 83.5. The van der Waals surface area contributed by atoms with Crippen molar-refractivity contribution >= 4 is 206 Å². The van der Waals surface area contributed by atoms with Crippen LogP contribution in [0.1, 0.15) is 0 Å². The second kappa shape index (κ2) is 37.1. The Morgan fingerprint density at radius 2 is 0.436 bits per heavy atom. The molecule has 0 saturated heterocycles. The highest BCUT2D eigenvalue weighted by atomic mass is 31.2. The Bertz CT molecular complexity index is 10400. The van der Waals surface area contributed by atoms with Gasteiger partial charge in [0.1, 0.15) is 16.9 Å². The van der Waals surface area contributed by atoms with Gasteiger partial charge >= 0.3 is 0 Å². The third-order valence-electron chi connectivity index (χ3n) is 29.7. The molecule has 6 heterocycles. The van der Waals surface area contributed by atoms with E-state index in [1.165, 1.54) is 37.9 Å². The van der Waals surface area contributed by atoms with Crippen molar-refractivity contribution in [3.63, 3.8) is 0 Å². The van der Waals surface area contributed by atoms with Crippen molar-refractivity contribution in [2.45, 2.75) is 0 Å². The number of fused-ring (bicyclic) bond motifs is 26. The fourth-order valence-corrected chi connectivity index (χ4v) is 30.7. The maximum absolute atomic E-state index is 15.4. The monoisotopic (exact) mass is 1960 g/mol. The molecule has 0 aliphatic carbocycles. The van der Waals surface area contributed by atoms with Gasteiger partial charge in [0.25, 0.3) is 0 Å². The van der Waals surface area contributed by atoms with Gasteiger partial charge in [0.15, 0.2) is 21.4 Å². The zero-order valence-electron chi connectivity index (χ0n) is 80.8. The van der Waals surface area contributed by atoms with Crippen molar-refractivity contribution in [2.75, 3.05) is 0 Å². The number of para-hydroxylation sites is 6. The summed E-state index contributed by atoms with van der Waals surface area (Å²) >= 11 is 0. The highest BCUT2D eigenvalue weighted by Crippen LogP contribution is 2.50. The first kappa shape index (κ1) is 89.5. The lowest BCUT2D eigenvalue weighted by molar-refractivity contribution is 0.591. The molecule has 0 spiro atoms. The molecule has 0 radical (unpaired) electrons. The minimum atomic E-state index is -3.15. The lowest BCUT2D eigenvalue weighted by Crippen LogP contribution is -2.25. The maximum atomic E-state index is 15.4. The fourth-order valence-electron chi connectivity index (χ4n) is 22.5. The summed E-state index contributed by atoms with van der Waals surface area (Å²) < 4.78 is 52.1. The van der Waals surface area contributed by atoms with Crippen LogP contribution in [0.25, 0.3) is 203 Å². The van der Waals surface area contributed by atoms with Crippen molar-refractivity contribution in [2.24, 2.45) is 0 Å². The van der Waals surface area contributed by atoms with Gasteiger partial charge in [-0.3, -0.25) is 13.2 Å². The van der Waals surface area contributed by atoms with Gasteiger partial charge in [-0.05, 0) is 195 Å². The van der Waals surface area contributed by atoms with E-state index in [2.05, 4.69) is 335 Å². The van der Waals surface area contributed by atoms with Gasteiger partial charge in [-0.1, -0.05) is 461 Å². The Kier molecular flexibility index (Phi) is 22.3. The molecule has 0 saturated carbocycles. The van der Waals surface area contributed by atoms with Crippen molar-refractivity contribution < 1.29 is 13.7 Å². The van der Waals surface area contributed by atoms with Crippen molar-refractivity contribution in [1.82, 2.24) is 28.2 Å². The topological polar surface area (TPSA) is 103 Å². The third kappa shape index (κ3) is 15.4. The molecule has 0 atom stereocenters. The summed E-state index contributed by atoms with van der Waals surface area (Å²) in [5, 5.41) is 22.5. The van der Waals surface area contributed by atoms with Gasteiger partial charge in [0.2, 0.25) is 0 Å². The quantitative estimate of drug-likeness (QED) is 0.0748. The predicted octanol–water partition coefficient (Wildman–Crippen LogP) is 31.6. The summed E-state index contributed by atoms with van der Waals surface area (Å²) in [5.41, 5.74) is 26.4. The summed E-state index contributed by atoms with van der Waals surface area (Å²) in [6.07, 6.45) is 0. The summed E-state index contributed by atoms with van der Waals surface area (Å²) in [6, 6.07) is 190. The van der Waals surface area contributed by atoms with Crippen LogP contribution in [0.4, 0.5) is 0 Å². The molecule has 29 aromatic rings. The first-order chi connectivity index (χ1) is 73.5. The largest absolute Gasteiger partial charge is 0.309 e. The van der Waals surface area contributed by atoms with E-state index in [0.29, 0.717) is 0 Å². The Labute approximate surface area is 860 Å². The molecule has 702 valence electrons. The van der Waals surface area contributed by atoms with Crippen molar-refractivity contribution in [3.8, 4) is 66.8 Å². The van der Waals surface area contributed by atoms with Crippen LogP contribution in [0.2, 0.25) is 0 Å². The minimum Gasteiger partial charge on any atom is -0.309 e. The average molecular weight is 1960 g/mol. The van der Waals surface area contributed by atoms with Gasteiger partial charge in [0.05, 0.1) is 49.7 Å². The molecule has 0 bridgehead atoms. The molecule has 0 aliphatic rings. The average Bonchev–Trinajstić information content (AvgIpc) is 1.72. The second-order valence-electron chi connectivity index (χ2n) is 38.2. The Morgan fingerprint density at radius 1 is 0.148 bits per heavy atom. The molecule has 29 rings (SSSR count). The highest BCUT2D eigenvalue weighted by molar-refractivity contribution is 7.86. The number of hydrogen-bond donors (Lipinski definition) is 0. The zero-order chi connectivity index (χ0) is 99.3. The van der Waals surface area contributed by atoms with E-state index in [-0.39, 0.29) is 0 Å². The van der Waals surface area contributed by atoms with Crippen LogP contribution < -0.4 is 47.7 Å². The highest BCUT2D eigenvalue weighted by Gasteiger charge is 2.35. The Hall–Kier alpha value is -18.3. The number of imidazole rings is 3. The summed E-state index contributed by atoms with van der Waals surface area (Å²) in [4.78, 5) is 15.1. The van der Waals surface area contributed by atoms with Crippen LogP contribution in [0.5, 0.6) is 0 Å². The lowest BCUT2D eigenvalue weighted by atomic mass is 9.95. The number of rotatable bonds is 15. The van der Waals surface area contributed by atoms with E-state index in [0.717, 1.165) is 213 Å². The van der Waals surface area contributed by atoms with E-state index in [4.69, 9.17) is 15.0 Å². The fraction of sp³-hybridized carbons (Fsp3) is 0. The molecule has 0 fully saturated rings. The summed E-state index contributed by atoms with van der Waals surface area (Å²) in [5.74, 6) is 0. The van der Waals surface area contributed by atoms with E-state index in [9.17, 15) is 9.13 Å². The third-order valence-corrected chi connectivity index (χ3v) is 39.0. The molecule has 0 aliphatic heterocycles.